The van der Waals surface area contributed by atoms with Crippen LogP contribution in [0.2, 0.25) is 0 Å². The van der Waals surface area contributed by atoms with Gasteiger partial charge in [-0.15, -0.1) is 5.10 Å². The van der Waals surface area contributed by atoms with E-state index in [1.54, 1.807) is 19.2 Å². The van der Waals surface area contributed by atoms with Crippen LogP contribution in [0, 0.1) is 0 Å². The Morgan fingerprint density at radius 2 is 1.61 bits per heavy atom. The Morgan fingerprint density at radius 3 is 2.31 bits per heavy atom. The second kappa shape index (κ2) is 9.58. The predicted octanol–water partition coefficient (Wildman–Crippen LogP) is 5.17. The number of pyridine rings is 1. The maximum Gasteiger partial charge on any atom is 0.245 e. The molecule has 0 bridgehead atoms. The van der Waals surface area contributed by atoms with Crippen LogP contribution < -0.4 is 14.2 Å². The van der Waals surface area contributed by atoms with Crippen LogP contribution in [0.3, 0.4) is 0 Å². The zero-order valence-electron chi connectivity index (χ0n) is 20.4. The lowest BCUT2D eigenvalue weighted by Crippen LogP contribution is -2.25. The molecule has 1 aliphatic heterocycles. The Morgan fingerprint density at radius 1 is 0.889 bits per heavy atom. The largest absolute Gasteiger partial charge is 0.493 e. The molecular weight excluding hydrogens is 458 g/mol. The summed E-state index contributed by atoms with van der Waals surface area (Å²) in [5.74, 6) is 1.27. The minimum Gasteiger partial charge on any atom is -0.493 e. The SMILES string of the molecule is COc1ccc(C2=NN(C(C)=O)[C@H](c3cc(-c4ccccc4)nc4ccccc34)O2)c(OC)c1OC. The first-order valence-corrected chi connectivity index (χ1v) is 11.3. The van der Waals surface area contributed by atoms with E-state index < -0.39 is 6.23 Å². The fourth-order valence-corrected chi connectivity index (χ4v) is 4.31. The van der Waals surface area contributed by atoms with Crippen molar-refractivity contribution in [1.82, 2.24) is 9.99 Å². The third-order valence-corrected chi connectivity index (χ3v) is 5.98. The van der Waals surface area contributed by atoms with Crippen LogP contribution in [0.5, 0.6) is 17.2 Å². The predicted molar refractivity (Wildman–Crippen MR) is 136 cm³/mol. The third kappa shape index (κ3) is 3.96. The number of para-hydroxylation sites is 1. The van der Waals surface area contributed by atoms with Crippen molar-refractivity contribution in [2.24, 2.45) is 5.10 Å². The monoisotopic (exact) mass is 483 g/mol. The highest BCUT2D eigenvalue weighted by Gasteiger charge is 2.36. The fraction of sp³-hybridized carbons (Fsp3) is 0.179. The van der Waals surface area contributed by atoms with E-state index in [1.807, 2.05) is 60.7 Å². The van der Waals surface area contributed by atoms with Gasteiger partial charge in [-0.2, -0.15) is 5.01 Å². The molecule has 1 aromatic heterocycles. The number of aromatic nitrogens is 1. The summed E-state index contributed by atoms with van der Waals surface area (Å²) in [4.78, 5) is 17.6. The molecule has 1 aliphatic rings. The molecular formula is C28H25N3O5. The molecule has 0 spiro atoms. The number of hydrazone groups is 1. The lowest BCUT2D eigenvalue weighted by molar-refractivity contribution is -0.135. The summed E-state index contributed by atoms with van der Waals surface area (Å²) < 4.78 is 22.9. The molecule has 0 saturated carbocycles. The first kappa shape index (κ1) is 23.2. The Labute approximate surface area is 208 Å². The summed E-state index contributed by atoms with van der Waals surface area (Å²) >= 11 is 0. The van der Waals surface area contributed by atoms with Crippen LogP contribution in [-0.4, -0.2) is 43.1 Å². The Kier molecular flexibility index (Phi) is 6.16. The zero-order chi connectivity index (χ0) is 25.2. The van der Waals surface area contributed by atoms with Crippen LogP contribution in [0.4, 0.5) is 0 Å². The van der Waals surface area contributed by atoms with Crippen LogP contribution in [0.15, 0.2) is 77.9 Å². The number of hydrogen-bond acceptors (Lipinski definition) is 7. The highest BCUT2D eigenvalue weighted by molar-refractivity contribution is 6.00. The normalized spacial score (nSPS) is 14.8. The van der Waals surface area contributed by atoms with Gasteiger partial charge in [0.25, 0.3) is 0 Å². The van der Waals surface area contributed by atoms with Gasteiger partial charge in [0, 0.05) is 23.4 Å². The number of amides is 1. The van der Waals surface area contributed by atoms with E-state index in [1.165, 1.54) is 26.2 Å². The van der Waals surface area contributed by atoms with E-state index in [2.05, 4.69) is 5.10 Å². The minimum atomic E-state index is -0.800. The first-order valence-electron chi connectivity index (χ1n) is 11.3. The summed E-state index contributed by atoms with van der Waals surface area (Å²) in [6.07, 6.45) is -0.800. The van der Waals surface area contributed by atoms with Crippen molar-refractivity contribution in [2.45, 2.75) is 13.2 Å². The van der Waals surface area contributed by atoms with Gasteiger partial charge in [-0.3, -0.25) is 4.79 Å². The van der Waals surface area contributed by atoms with Gasteiger partial charge in [0.05, 0.1) is 38.1 Å². The van der Waals surface area contributed by atoms with E-state index in [0.717, 1.165) is 27.7 Å². The summed E-state index contributed by atoms with van der Waals surface area (Å²) in [6.45, 7) is 1.45. The molecule has 0 fully saturated rings. The number of hydrogen-bond donors (Lipinski definition) is 0. The maximum atomic E-state index is 12.7. The molecule has 8 nitrogen and oxygen atoms in total. The number of nitrogens with zero attached hydrogens (tertiary/aromatic N) is 3. The average molecular weight is 484 g/mol. The van der Waals surface area contributed by atoms with E-state index >= 15 is 0 Å². The highest BCUT2D eigenvalue weighted by Crippen LogP contribution is 2.43. The molecule has 0 unspecified atom stereocenters. The molecule has 0 N–H and O–H groups in total. The molecule has 0 aliphatic carbocycles. The fourth-order valence-electron chi connectivity index (χ4n) is 4.31. The standard InChI is InChI=1S/C28H25N3O5/c1-17(32)31-28(36-27(30-31)20-14-15-24(33-2)26(35-4)25(20)34-3)21-16-23(18-10-6-5-7-11-18)29-22-13-9-8-12-19(21)22/h5-16,28H,1-4H3/t28-/m0/s1. The highest BCUT2D eigenvalue weighted by atomic mass is 16.5. The van der Waals surface area contributed by atoms with Crippen molar-refractivity contribution in [2.75, 3.05) is 21.3 Å². The number of carbonyl (C=O) groups excluding carboxylic acids is 1. The van der Waals surface area contributed by atoms with Gasteiger partial charge >= 0.3 is 0 Å². The maximum absolute atomic E-state index is 12.7. The first-order chi connectivity index (χ1) is 17.5. The van der Waals surface area contributed by atoms with E-state index in [0.29, 0.717) is 22.8 Å². The summed E-state index contributed by atoms with van der Waals surface area (Å²) in [5.41, 5.74) is 3.82. The summed E-state index contributed by atoms with van der Waals surface area (Å²) in [7, 11) is 4.60. The van der Waals surface area contributed by atoms with Gasteiger partial charge in [0.2, 0.25) is 23.8 Å². The van der Waals surface area contributed by atoms with Crippen molar-refractivity contribution in [3.63, 3.8) is 0 Å². The number of carbonyl (C=O) groups is 1. The molecule has 4 aromatic rings. The topological polar surface area (TPSA) is 82.5 Å². The third-order valence-electron chi connectivity index (χ3n) is 5.98. The Hall–Kier alpha value is -4.59. The van der Waals surface area contributed by atoms with Crippen molar-refractivity contribution in [3.05, 3.63) is 83.9 Å². The van der Waals surface area contributed by atoms with Gasteiger partial charge in [-0.25, -0.2) is 4.98 Å². The number of benzene rings is 3. The number of fused-ring (bicyclic) bond motifs is 1. The van der Waals surface area contributed by atoms with Gasteiger partial charge in [0.15, 0.2) is 11.5 Å². The lowest BCUT2D eigenvalue weighted by Gasteiger charge is -2.22. The molecule has 1 atom stereocenters. The number of methoxy groups -OCH3 is 3. The van der Waals surface area contributed by atoms with Gasteiger partial charge in [-0.1, -0.05) is 48.5 Å². The second-order valence-corrected chi connectivity index (χ2v) is 8.10. The van der Waals surface area contributed by atoms with Crippen LogP contribution in [-0.2, 0) is 9.53 Å². The Balaban J connectivity index is 1.65. The molecule has 8 heteroatoms. The van der Waals surface area contributed by atoms with E-state index in [-0.39, 0.29) is 11.8 Å². The smallest absolute Gasteiger partial charge is 0.245 e. The summed E-state index contributed by atoms with van der Waals surface area (Å²) in [5, 5.41) is 6.75. The van der Waals surface area contributed by atoms with Crippen molar-refractivity contribution in [1.29, 1.82) is 0 Å². The molecule has 2 heterocycles. The van der Waals surface area contributed by atoms with Crippen molar-refractivity contribution >= 4 is 22.7 Å². The van der Waals surface area contributed by atoms with E-state index in [9.17, 15) is 4.79 Å². The second-order valence-electron chi connectivity index (χ2n) is 8.10. The number of rotatable bonds is 6. The molecule has 3 aromatic carbocycles. The van der Waals surface area contributed by atoms with Crippen molar-refractivity contribution in [3.8, 4) is 28.5 Å². The van der Waals surface area contributed by atoms with Gasteiger partial charge in [0.1, 0.15) is 0 Å². The molecule has 182 valence electrons. The van der Waals surface area contributed by atoms with E-state index in [4.69, 9.17) is 23.9 Å². The summed E-state index contributed by atoms with van der Waals surface area (Å²) in [6, 6.07) is 23.1. The minimum absolute atomic E-state index is 0.232. The molecule has 5 rings (SSSR count). The average Bonchev–Trinajstić information content (AvgIpc) is 3.37. The lowest BCUT2D eigenvalue weighted by atomic mass is 10.0. The molecule has 36 heavy (non-hydrogen) atoms. The zero-order valence-corrected chi connectivity index (χ0v) is 20.4. The van der Waals surface area contributed by atoms with Crippen LogP contribution in [0.25, 0.3) is 22.2 Å². The quantitative estimate of drug-likeness (QED) is 0.377. The van der Waals surface area contributed by atoms with Gasteiger partial charge < -0.3 is 18.9 Å². The molecule has 0 radical (unpaired) electrons. The Bertz CT molecular complexity index is 1470. The van der Waals surface area contributed by atoms with Crippen LogP contribution >= 0.6 is 0 Å². The van der Waals surface area contributed by atoms with Crippen LogP contribution in [0.1, 0.15) is 24.3 Å². The molecule has 0 saturated heterocycles. The van der Waals surface area contributed by atoms with Gasteiger partial charge in [-0.05, 0) is 24.3 Å². The molecule has 1 amide bonds. The van der Waals surface area contributed by atoms with Crippen molar-refractivity contribution < 1.29 is 23.7 Å². The number of ether oxygens (including phenoxy) is 4.